The number of amides is 2. The van der Waals surface area contributed by atoms with E-state index < -0.39 is 23.2 Å². The number of imide groups is 1. The zero-order chi connectivity index (χ0) is 24.0. The van der Waals surface area contributed by atoms with Gasteiger partial charge < -0.3 is 4.84 Å². The lowest BCUT2D eigenvalue weighted by atomic mass is 9.77. The molecule has 0 spiro atoms. The summed E-state index contributed by atoms with van der Waals surface area (Å²) < 4.78 is 0. The van der Waals surface area contributed by atoms with Crippen LogP contribution >= 0.6 is 0 Å². The smallest absolute Gasteiger partial charge is 0.330 e. The van der Waals surface area contributed by atoms with Gasteiger partial charge in [0.15, 0.2) is 0 Å². The first-order valence-electron chi connectivity index (χ1n) is 12.0. The van der Waals surface area contributed by atoms with Gasteiger partial charge in [-0.25, -0.2) is 4.79 Å². The number of fused-ring (bicyclic) bond motifs is 4. The highest BCUT2D eigenvalue weighted by Gasteiger charge is 2.54. The molecule has 2 bridgehead atoms. The summed E-state index contributed by atoms with van der Waals surface area (Å²) in [5.41, 5.74) is 7.05. The van der Waals surface area contributed by atoms with Crippen molar-refractivity contribution < 1.29 is 19.2 Å². The molecule has 4 heterocycles. The molecule has 3 fully saturated rings. The van der Waals surface area contributed by atoms with Crippen molar-refractivity contribution in [3.63, 3.8) is 0 Å². The molecule has 0 aromatic carbocycles. The van der Waals surface area contributed by atoms with Gasteiger partial charge in [0.25, 0.3) is 11.8 Å². The van der Waals surface area contributed by atoms with Crippen LogP contribution in [-0.2, 0) is 19.2 Å². The van der Waals surface area contributed by atoms with Gasteiger partial charge in [-0.2, -0.15) is 5.10 Å². The van der Waals surface area contributed by atoms with Crippen LogP contribution in [0.3, 0.4) is 0 Å². The van der Waals surface area contributed by atoms with Gasteiger partial charge in [0.1, 0.15) is 0 Å². The number of hydrazone groups is 1. The molecule has 9 heteroatoms. The van der Waals surface area contributed by atoms with Gasteiger partial charge in [-0.15, -0.1) is 5.06 Å². The van der Waals surface area contributed by atoms with Gasteiger partial charge in [0.05, 0.1) is 28.2 Å². The average Bonchev–Trinajstić information content (AvgIpc) is 3.41. The highest BCUT2D eigenvalue weighted by molar-refractivity contribution is 6.05. The second kappa shape index (κ2) is 8.41. The third-order valence-corrected chi connectivity index (χ3v) is 7.70. The number of hydroxylamine groups is 2. The Morgan fingerprint density at radius 3 is 2.34 bits per heavy atom. The molecule has 1 saturated heterocycles. The third kappa shape index (κ3) is 3.62. The maximum absolute atomic E-state index is 13.4. The van der Waals surface area contributed by atoms with E-state index in [1.807, 2.05) is 36.4 Å². The summed E-state index contributed by atoms with van der Waals surface area (Å²) in [6, 6.07) is 11.5. The fourth-order valence-corrected chi connectivity index (χ4v) is 5.99. The SMILES string of the molecule is O=C1CCC(=O)N1OC(=O)[C@]12CCC3C(c4ccccn4)=NNC(c4ccccn4)=C3[C@@H](CC1)C2. The maximum Gasteiger partial charge on any atom is 0.339 e. The van der Waals surface area contributed by atoms with Crippen LogP contribution in [0.4, 0.5) is 0 Å². The molecule has 4 aliphatic rings. The van der Waals surface area contributed by atoms with Crippen molar-refractivity contribution in [1.29, 1.82) is 0 Å². The minimum absolute atomic E-state index is 0.0295. The molecule has 0 radical (unpaired) electrons. The molecule has 2 aliphatic carbocycles. The maximum atomic E-state index is 13.4. The first-order chi connectivity index (χ1) is 17.1. The molecule has 9 nitrogen and oxygen atoms in total. The van der Waals surface area contributed by atoms with E-state index in [9.17, 15) is 14.4 Å². The van der Waals surface area contributed by atoms with E-state index in [0.717, 1.165) is 29.2 Å². The van der Waals surface area contributed by atoms with Crippen LogP contribution in [0.5, 0.6) is 0 Å². The van der Waals surface area contributed by atoms with Crippen LogP contribution in [-0.4, -0.2) is 38.5 Å². The summed E-state index contributed by atoms with van der Waals surface area (Å²) >= 11 is 0. The lowest BCUT2D eigenvalue weighted by Gasteiger charge is -2.32. The minimum atomic E-state index is -0.747. The van der Waals surface area contributed by atoms with Crippen molar-refractivity contribution in [2.75, 3.05) is 0 Å². The number of nitrogens with zero attached hydrogens (tertiary/aromatic N) is 4. The molecule has 6 rings (SSSR count). The first-order valence-corrected chi connectivity index (χ1v) is 12.0. The Morgan fingerprint density at radius 1 is 0.971 bits per heavy atom. The number of allylic oxidation sites excluding steroid dienone is 1. The Bertz CT molecular complexity index is 1240. The van der Waals surface area contributed by atoms with Crippen LogP contribution in [0.25, 0.3) is 5.70 Å². The second-order valence-electron chi connectivity index (χ2n) is 9.64. The lowest BCUT2D eigenvalue weighted by molar-refractivity contribution is -0.205. The lowest BCUT2D eigenvalue weighted by Crippen LogP contribution is -2.39. The Balaban J connectivity index is 1.38. The van der Waals surface area contributed by atoms with Crippen molar-refractivity contribution in [2.24, 2.45) is 22.4 Å². The van der Waals surface area contributed by atoms with Crippen molar-refractivity contribution in [1.82, 2.24) is 20.5 Å². The van der Waals surface area contributed by atoms with Crippen LogP contribution < -0.4 is 5.43 Å². The monoisotopic (exact) mass is 471 g/mol. The van der Waals surface area contributed by atoms with Crippen molar-refractivity contribution in [2.45, 2.75) is 44.9 Å². The van der Waals surface area contributed by atoms with Crippen LogP contribution in [0, 0.1) is 17.3 Å². The zero-order valence-corrected chi connectivity index (χ0v) is 19.1. The summed E-state index contributed by atoms with van der Waals surface area (Å²) in [6.07, 6.45) is 6.98. The van der Waals surface area contributed by atoms with Crippen molar-refractivity contribution in [3.05, 3.63) is 65.8 Å². The van der Waals surface area contributed by atoms with E-state index in [1.165, 1.54) is 5.57 Å². The summed E-state index contributed by atoms with van der Waals surface area (Å²) in [4.78, 5) is 52.1. The molecular weight excluding hydrogens is 446 g/mol. The van der Waals surface area contributed by atoms with E-state index in [4.69, 9.17) is 9.94 Å². The number of rotatable bonds is 4. The Morgan fingerprint density at radius 2 is 1.66 bits per heavy atom. The molecule has 2 aromatic rings. The predicted octanol–water partition coefficient (Wildman–Crippen LogP) is 3.00. The fraction of sp³-hybridized carbons (Fsp3) is 0.385. The Kier molecular flexibility index (Phi) is 5.20. The summed E-state index contributed by atoms with van der Waals surface area (Å²) in [7, 11) is 0. The summed E-state index contributed by atoms with van der Waals surface area (Å²) in [5.74, 6) is -1.31. The Hall–Kier alpha value is -3.88. The molecule has 2 aromatic heterocycles. The number of pyridine rings is 2. The third-order valence-electron chi connectivity index (χ3n) is 7.70. The van der Waals surface area contributed by atoms with Gasteiger partial charge in [-0.05, 0) is 67.9 Å². The van der Waals surface area contributed by atoms with E-state index in [-0.39, 0.29) is 24.7 Å². The molecule has 2 amide bonds. The molecule has 35 heavy (non-hydrogen) atoms. The fourth-order valence-electron chi connectivity index (χ4n) is 5.99. The number of carbonyl (C=O) groups is 3. The zero-order valence-electron chi connectivity index (χ0n) is 19.1. The van der Waals surface area contributed by atoms with Crippen LogP contribution in [0.2, 0.25) is 0 Å². The predicted molar refractivity (Wildman–Crippen MR) is 125 cm³/mol. The van der Waals surface area contributed by atoms with Gasteiger partial charge >= 0.3 is 5.97 Å². The number of carbonyl (C=O) groups excluding carboxylic acids is 3. The second-order valence-corrected chi connectivity index (χ2v) is 9.64. The quantitative estimate of drug-likeness (QED) is 0.682. The van der Waals surface area contributed by atoms with Crippen LogP contribution in [0.1, 0.15) is 56.3 Å². The molecule has 178 valence electrons. The molecule has 2 saturated carbocycles. The number of hydrogen-bond acceptors (Lipinski definition) is 8. The van der Waals surface area contributed by atoms with Gasteiger partial charge in [-0.1, -0.05) is 12.1 Å². The minimum Gasteiger partial charge on any atom is -0.330 e. The molecule has 1 unspecified atom stereocenters. The van der Waals surface area contributed by atoms with E-state index in [1.54, 1.807) is 12.4 Å². The number of hydrogen-bond donors (Lipinski definition) is 1. The highest BCUT2D eigenvalue weighted by Crippen LogP contribution is 2.56. The van der Waals surface area contributed by atoms with Crippen molar-refractivity contribution >= 4 is 29.2 Å². The van der Waals surface area contributed by atoms with Gasteiger partial charge in [-0.3, -0.25) is 25.0 Å². The Labute approximate surface area is 202 Å². The van der Waals surface area contributed by atoms with Gasteiger partial charge in [0, 0.05) is 31.2 Å². The normalized spacial score (nSPS) is 27.8. The summed E-state index contributed by atoms with van der Waals surface area (Å²) in [5, 5.41) is 5.40. The van der Waals surface area contributed by atoms with E-state index >= 15 is 0 Å². The molecule has 3 atom stereocenters. The average molecular weight is 472 g/mol. The van der Waals surface area contributed by atoms with Gasteiger partial charge in [0.2, 0.25) is 0 Å². The molecule has 2 aliphatic heterocycles. The van der Waals surface area contributed by atoms with E-state index in [2.05, 4.69) is 15.4 Å². The topological polar surface area (TPSA) is 114 Å². The largest absolute Gasteiger partial charge is 0.339 e. The van der Waals surface area contributed by atoms with E-state index in [0.29, 0.717) is 30.7 Å². The van der Waals surface area contributed by atoms with Crippen molar-refractivity contribution in [3.8, 4) is 0 Å². The molecule has 1 N–H and O–H groups in total. The first kappa shape index (κ1) is 21.6. The number of nitrogens with one attached hydrogen (secondary N) is 1. The summed E-state index contributed by atoms with van der Waals surface area (Å²) in [6.45, 7) is 0. The van der Waals surface area contributed by atoms with Crippen LogP contribution in [0.15, 0.2) is 59.5 Å². The highest BCUT2D eigenvalue weighted by atomic mass is 16.7. The number of aromatic nitrogens is 2. The molecular formula is C26H25N5O4. The standard InChI is InChI=1S/C26H25N5O4/c32-20-7-8-21(33)31(20)35-25(34)26-11-9-16(15-26)22-17(10-12-26)23(18-5-1-3-13-27-18)29-30-24(22)19-6-2-4-14-28-19/h1-6,13-14,16-17,30H,7-12,15H2/t16-,17?,26-/m0/s1.